The number of nitrogens with one attached hydrogen (secondary N) is 3. The highest BCUT2D eigenvalue weighted by Gasteiger charge is 2.38. The van der Waals surface area contributed by atoms with Crippen LogP contribution in [0.3, 0.4) is 0 Å². The van der Waals surface area contributed by atoms with Gasteiger partial charge in [0, 0.05) is 31.9 Å². The standard InChI is InChI=1S/C31H38F3N5O3/c32-31(33,34)23-10-12-24(13-11-23)37-29(40)28(36-15-16-39-17-19-41-20-18-39)22-8-5-21(6-9-22)7-14-27-30(42-27)38-26-4-2-1-3-25(26)35/h1-6,8-13,27-30,36-38,40H,7,14-20,35H2. The first-order valence-electron chi connectivity index (χ1n) is 14.3. The number of epoxide rings is 1. The van der Waals surface area contributed by atoms with E-state index < -0.39 is 24.0 Å². The number of benzene rings is 3. The van der Waals surface area contributed by atoms with Gasteiger partial charge in [-0.1, -0.05) is 36.4 Å². The van der Waals surface area contributed by atoms with Gasteiger partial charge in [-0.25, -0.2) is 0 Å². The molecule has 6 N–H and O–H groups in total. The molecule has 2 heterocycles. The number of halogens is 3. The number of para-hydroxylation sites is 2. The normalized spacial score (nSPS) is 20.6. The predicted octanol–water partition coefficient (Wildman–Crippen LogP) is 4.45. The Morgan fingerprint density at radius 2 is 1.69 bits per heavy atom. The number of aliphatic hydroxyl groups is 1. The number of nitrogens with zero attached hydrogens (tertiary/aromatic N) is 1. The lowest BCUT2D eigenvalue weighted by Crippen LogP contribution is -2.43. The monoisotopic (exact) mass is 585 g/mol. The van der Waals surface area contributed by atoms with Gasteiger partial charge < -0.3 is 36.3 Å². The highest BCUT2D eigenvalue weighted by atomic mass is 19.4. The van der Waals surface area contributed by atoms with Crippen molar-refractivity contribution in [2.24, 2.45) is 0 Å². The zero-order valence-electron chi connectivity index (χ0n) is 23.3. The second kappa shape index (κ2) is 13.7. The van der Waals surface area contributed by atoms with Crippen molar-refractivity contribution in [1.29, 1.82) is 0 Å². The Hall–Kier alpha value is -3.35. The summed E-state index contributed by atoms with van der Waals surface area (Å²) < 4.78 is 50.1. The summed E-state index contributed by atoms with van der Waals surface area (Å²) in [6, 6.07) is 19.8. The van der Waals surface area contributed by atoms with Crippen molar-refractivity contribution in [3.8, 4) is 0 Å². The molecule has 226 valence electrons. The van der Waals surface area contributed by atoms with Crippen molar-refractivity contribution < 1.29 is 27.8 Å². The summed E-state index contributed by atoms with van der Waals surface area (Å²) in [5, 5.41) is 20.9. The number of hydrogen-bond acceptors (Lipinski definition) is 8. The number of hydrogen-bond donors (Lipinski definition) is 5. The number of morpholine rings is 1. The van der Waals surface area contributed by atoms with Gasteiger partial charge in [0.1, 0.15) is 12.3 Å². The van der Waals surface area contributed by atoms with E-state index in [1.165, 1.54) is 12.1 Å². The van der Waals surface area contributed by atoms with Gasteiger partial charge >= 0.3 is 6.18 Å². The summed E-state index contributed by atoms with van der Waals surface area (Å²) >= 11 is 0. The van der Waals surface area contributed by atoms with Crippen LogP contribution in [-0.2, 0) is 22.1 Å². The van der Waals surface area contributed by atoms with Gasteiger partial charge in [-0.05, 0) is 60.4 Å². The molecule has 2 aliphatic rings. The molecule has 2 aliphatic heterocycles. The Bertz CT molecular complexity index is 1270. The molecule has 0 spiro atoms. The van der Waals surface area contributed by atoms with Crippen LogP contribution in [-0.4, -0.2) is 68.0 Å². The Labute approximate surface area is 244 Å². The van der Waals surface area contributed by atoms with E-state index in [9.17, 15) is 18.3 Å². The van der Waals surface area contributed by atoms with Gasteiger partial charge in [-0.15, -0.1) is 0 Å². The number of ether oxygens (including phenoxy) is 2. The van der Waals surface area contributed by atoms with Gasteiger partial charge in [-0.2, -0.15) is 13.2 Å². The summed E-state index contributed by atoms with van der Waals surface area (Å²) in [5.41, 5.74) is 9.24. The van der Waals surface area contributed by atoms with Crippen molar-refractivity contribution in [3.63, 3.8) is 0 Å². The number of rotatable bonds is 13. The second-order valence-electron chi connectivity index (χ2n) is 10.7. The molecule has 3 aromatic rings. The van der Waals surface area contributed by atoms with E-state index in [-0.39, 0.29) is 12.3 Å². The summed E-state index contributed by atoms with van der Waals surface area (Å²) in [4.78, 5) is 2.29. The van der Waals surface area contributed by atoms with Gasteiger partial charge in [-0.3, -0.25) is 4.90 Å². The molecule has 0 amide bonds. The molecule has 5 rings (SSSR count). The quantitative estimate of drug-likeness (QED) is 0.114. The van der Waals surface area contributed by atoms with E-state index >= 15 is 0 Å². The topological polar surface area (TPSA) is 107 Å². The van der Waals surface area contributed by atoms with Crippen molar-refractivity contribution in [2.45, 2.75) is 43.6 Å². The third kappa shape index (κ3) is 8.36. The van der Waals surface area contributed by atoms with Gasteiger partial charge in [0.05, 0.1) is 36.2 Å². The maximum atomic E-state index is 13.0. The first kappa shape index (κ1) is 30.1. The molecule has 0 bridgehead atoms. The number of aryl methyl sites for hydroxylation is 1. The van der Waals surface area contributed by atoms with E-state index in [4.69, 9.17) is 15.2 Å². The maximum absolute atomic E-state index is 13.0. The van der Waals surface area contributed by atoms with Crippen LogP contribution >= 0.6 is 0 Å². The summed E-state index contributed by atoms with van der Waals surface area (Å²) in [5.74, 6) is 0. The largest absolute Gasteiger partial charge is 0.416 e. The first-order valence-corrected chi connectivity index (χ1v) is 14.3. The Morgan fingerprint density at radius 1 is 0.976 bits per heavy atom. The van der Waals surface area contributed by atoms with Crippen molar-refractivity contribution >= 4 is 17.1 Å². The van der Waals surface area contributed by atoms with Crippen LogP contribution in [0, 0.1) is 0 Å². The molecule has 8 nitrogen and oxygen atoms in total. The zero-order valence-corrected chi connectivity index (χ0v) is 23.3. The summed E-state index contributed by atoms with van der Waals surface area (Å²) in [6.07, 6.45) is -3.76. The SMILES string of the molecule is Nc1ccccc1NC1OC1CCc1ccc(C(NCCN2CCOCC2)C(O)Nc2ccc(C(F)(F)F)cc2)cc1. The van der Waals surface area contributed by atoms with Crippen molar-refractivity contribution in [2.75, 3.05) is 55.8 Å². The molecule has 2 fully saturated rings. The van der Waals surface area contributed by atoms with Crippen LogP contribution in [0.5, 0.6) is 0 Å². The lowest BCUT2D eigenvalue weighted by Gasteiger charge is -2.30. The van der Waals surface area contributed by atoms with Gasteiger partial charge in [0.25, 0.3) is 0 Å². The van der Waals surface area contributed by atoms with E-state index in [1.807, 2.05) is 48.5 Å². The first-order chi connectivity index (χ1) is 20.3. The molecule has 3 aromatic carbocycles. The highest BCUT2D eigenvalue weighted by molar-refractivity contribution is 5.66. The molecule has 0 radical (unpaired) electrons. The van der Waals surface area contributed by atoms with Gasteiger partial charge in [0.15, 0.2) is 6.23 Å². The molecule has 42 heavy (non-hydrogen) atoms. The number of anilines is 3. The van der Waals surface area contributed by atoms with Crippen molar-refractivity contribution in [3.05, 3.63) is 89.5 Å². The number of aliphatic hydroxyl groups excluding tert-OH is 1. The molecule has 0 aliphatic carbocycles. The Balaban J connectivity index is 1.18. The minimum absolute atomic E-state index is 0.0551. The average molecular weight is 586 g/mol. The maximum Gasteiger partial charge on any atom is 0.416 e. The van der Waals surface area contributed by atoms with Crippen LogP contribution in [0.1, 0.15) is 29.2 Å². The fourth-order valence-electron chi connectivity index (χ4n) is 5.10. The minimum atomic E-state index is -4.42. The third-order valence-corrected chi connectivity index (χ3v) is 7.64. The molecule has 11 heteroatoms. The third-order valence-electron chi connectivity index (χ3n) is 7.64. The molecular weight excluding hydrogens is 547 g/mol. The van der Waals surface area contributed by atoms with E-state index in [0.717, 1.165) is 61.4 Å². The van der Waals surface area contributed by atoms with Crippen LogP contribution < -0.4 is 21.7 Å². The fourth-order valence-corrected chi connectivity index (χ4v) is 5.10. The minimum Gasteiger partial charge on any atom is -0.397 e. The number of nitrogens with two attached hydrogens (primary N) is 1. The molecule has 4 atom stereocenters. The zero-order chi connectivity index (χ0) is 29.5. The smallest absolute Gasteiger partial charge is 0.397 e. The van der Waals surface area contributed by atoms with E-state index in [2.05, 4.69) is 20.9 Å². The molecule has 0 aromatic heterocycles. The molecular formula is C31H38F3N5O3. The number of nitrogen functional groups attached to an aromatic ring is 1. The molecule has 0 saturated carbocycles. The Morgan fingerprint density at radius 3 is 2.38 bits per heavy atom. The lowest BCUT2D eigenvalue weighted by molar-refractivity contribution is -0.137. The van der Waals surface area contributed by atoms with E-state index in [1.54, 1.807) is 0 Å². The average Bonchev–Trinajstić information content (AvgIpc) is 3.74. The predicted molar refractivity (Wildman–Crippen MR) is 157 cm³/mol. The summed E-state index contributed by atoms with van der Waals surface area (Å²) in [7, 11) is 0. The molecule has 2 saturated heterocycles. The number of alkyl halides is 3. The molecule has 4 unspecified atom stereocenters. The summed E-state index contributed by atoms with van der Waals surface area (Å²) in [6.45, 7) is 4.52. The van der Waals surface area contributed by atoms with Crippen LogP contribution in [0.4, 0.5) is 30.2 Å². The van der Waals surface area contributed by atoms with Gasteiger partial charge in [0.2, 0.25) is 0 Å². The van der Waals surface area contributed by atoms with Crippen molar-refractivity contribution in [1.82, 2.24) is 10.2 Å². The van der Waals surface area contributed by atoms with E-state index in [0.29, 0.717) is 31.1 Å². The van der Waals surface area contributed by atoms with Crippen LogP contribution in [0.25, 0.3) is 0 Å². The Kier molecular flexibility index (Phi) is 9.86. The van der Waals surface area contributed by atoms with Crippen LogP contribution in [0.15, 0.2) is 72.8 Å². The fraction of sp³-hybridized carbons (Fsp3) is 0.419. The lowest BCUT2D eigenvalue weighted by atomic mass is 10.0. The van der Waals surface area contributed by atoms with Crippen LogP contribution in [0.2, 0.25) is 0 Å². The highest BCUT2D eigenvalue weighted by Crippen LogP contribution is 2.32. The second-order valence-corrected chi connectivity index (χ2v) is 10.7.